The zero-order valence-electron chi connectivity index (χ0n) is 64.8. The molecular formula is C72H132N12O14S. The van der Waals surface area contributed by atoms with Gasteiger partial charge >= 0.3 is 0 Å². The van der Waals surface area contributed by atoms with Gasteiger partial charge < -0.3 is 71.1 Å². The number of carbonyl (C=O) groups excluding carboxylic acids is 12. The molecule has 0 aromatic rings. The predicted octanol–water partition coefficient (Wildman–Crippen LogP) is 5.00. The summed E-state index contributed by atoms with van der Waals surface area (Å²) in [4.78, 5) is 185. The number of nitrogens with one attached hydrogen (secondary N) is 5. The SMILES string of the molecule is CC[C@@H]1NC(=O)[C@H]([C@H](O)[C@H](C)CCCCCCNC(C)=O)N(C)C(=O)[C@H](C(C)C)N(C)C(=O)[C@H](CC(C)C)N(C)C(=O)[C@H](CC(C)C)N(C)C(=O)[C@H](C)NC(=O)[C@@H](C)NC(=O)[C@@H](CCC(C)C)N(C)C(=O)[C@@H](C(C)C)NC(=O)[C@H](CC(C)C)N(C)C(=O)[C@@H](SCCCCCO)N(C)C1=O. The molecular weight excluding hydrogens is 1290 g/mol. The molecule has 1 heterocycles. The lowest BCUT2D eigenvalue weighted by Crippen LogP contribution is -2.64. The molecule has 570 valence electrons. The summed E-state index contributed by atoms with van der Waals surface area (Å²) in [5.41, 5.74) is 0. The smallest absolute Gasteiger partial charge is 0.256 e. The van der Waals surface area contributed by atoms with Gasteiger partial charge in [0.1, 0.15) is 60.4 Å². The van der Waals surface area contributed by atoms with Crippen LogP contribution in [-0.2, 0) is 57.5 Å². The monoisotopic (exact) mass is 1420 g/mol. The zero-order chi connectivity index (χ0) is 76.2. The van der Waals surface area contributed by atoms with Crippen LogP contribution in [0.2, 0.25) is 0 Å². The normalized spacial score (nSPS) is 25.4. The lowest BCUT2D eigenvalue weighted by atomic mass is 9.90. The molecule has 1 fully saturated rings. The summed E-state index contributed by atoms with van der Waals surface area (Å²) in [5, 5.41) is 34.9. The maximum Gasteiger partial charge on any atom is 0.256 e. The van der Waals surface area contributed by atoms with E-state index in [0.717, 1.165) is 35.9 Å². The molecule has 0 unspecified atom stereocenters. The van der Waals surface area contributed by atoms with E-state index in [1.807, 2.05) is 55.4 Å². The van der Waals surface area contributed by atoms with Crippen LogP contribution < -0.4 is 26.6 Å². The Kier molecular flexibility index (Phi) is 40.7. The van der Waals surface area contributed by atoms with E-state index in [0.29, 0.717) is 50.8 Å². The third kappa shape index (κ3) is 28.3. The van der Waals surface area contributed by atoms with Crippen molar-refractivity contribution in [2.45, 2.75) is 279 Å². The maximum absolute atomic E-state index is 15.5. The van der Waals surface area contributed by atoms with Crippen molar-refractivity contribution in [2.75, 3.05) is 68.2 Å². The van der Waals surface area contributed by atoms with Crippen molar-refractivity contribution in [1.82, 2.24) is 60.9 Å². The van der Waals surface area contributed by atoms with Crippen LogP contribution in [0.25, 0.3) is 0 Å². The minimum atomic E-state index is -1.66. The van der Waals surface area contributed by atoms with E-state index in [2.05, 4.69) is 26.6 Å². The summed E-state index contributed by atoms with van der Waals surface area (Å²) < 4.78 is 0. The molecule has 1 aliphatic rings. The Labute approximate surface area is 597 Å². The van der Waals surface area contributed by atoms with Crippen LogP contribution in [0.5, 0.6) is 0 Å². The van der Waals surface area contributed by atoms with Gasteiger partial charge in [0, 0.05) is 69.4 Å². The van der Waals surface area contributed by atoms with Gasteiger partial charge in [0.2, 0.25) is 65.0 Å². The molecule has 0 bridgehead atoms. The summed E-state index contributed by atoms with van der Waals surface area (Å²) in [6, 6.07) is -12.7. The highest BCUT2D eigenvalue weighted by Gasteiger charge is 2.46. The fourth-order valence-corrected chi connectivity index (χ4v) is 13.7. The first kappa shape index (κ1) is 90.9. The highest BCUT2D eigenvalue weighted by Crippen LogP contribution is 2.28. The fourth-order valence-electron chi connectivity index (χ4n) is 12.5. The maximum atomic E-state index is 15.5. The van der Waals surface area contributed by atoms with E-state index in [9.17, 15) is 39.0 Å². The lowest BCUT2D eigenvalue weighted by molar-refractivity contribution is -0.157. The Bertz CT molecular complexity index is 2630. The highest BCUT2D eigenvalue weighted by molar-refractivity contribution is 8.00. The second-order valence-electron chi connectivity index (χ2n) is 30.0. The Hall–Kier alpha value is -6.09. The molecule has 26 nitrogen and oxygen atoms in total. The van der Waals surface area contributed by atoms with Crippen LogP contribution in [0.15, 0.2) is 0 Å². The van der Waals surface area contributed by atoms with Crippen LogP contribution in [-0.4, -0.2) is 256 Å². The molecule has 0 saturated carbocycles. The molecule has 0 aromatic heterocycles. The van der Waals surface area contributed by atoms with E-state index < -0.39 is 155 Å². The zero-order valence-corrected chi connectivity index (χ0v) is 65.6. The number of thioether (sulfide) groups is 1. The number of nitrogens with zero attached hydrogens (tertiary/aromatic N) is 7. The van der Waals surface area contributed by atoms with E-state index in [1.165, 1.54) is 99.5 Å². The van der Waals surface area contributed by atoms with Gasteiger partial charge in [-0.2, -0.15) is 0 Å². The van der Waals surface area contributed by atoms with Crippen molar-refractivity contribution in [3.63, 3.8) is 0 Å². The molecule has 12 amide bonds. The Morgan fingerprint density at radius 2 is 0.939 bits per heavy atom. The van der Waals surface area contributed by atoms with Crippen molar-refractivity contribution < 1.29 is 67.7 Å². The molecule has 0 spiro atoms. The van der Waals surface area contributed by atoms with Gasteiger partial charge in [-0.1, -0.05) is 123 Å². The first-order valence-electron chi connectivity index (χ1n) is 36.3. The van der Waals surface area contributed by atoms with E-state index in [1.54, 1.807) is 41.5 Å². The summed E-state index contributed by atoms with van der Waals surface area (Å²) in [6.45, 7) is 30.2. The van der Waals surface area contributed by atoms with Gasteiger partial charge in [0.25, 0.3) is 5.91 Å². The molecule has 0 aromatic carbocycles. The quantitative estimate of drug-likeness (QED) is 0.0532. The molecule has 0 radical (unpaired) electrons. The Morgan fingerprint density at radius 3 is 1.44 bits per heavy atom. The third-order valence-electron chi connectivity index (χ3n) is 18.8. The van der Waals surface area contributed by atoms with Gasteiger partial charge in [-0.05, 0) is 125 Å². The average Bonchev–Trinajstić information content (AvgIpc) is 0.805. The van der Waals surface area contributed by atoms with Gasteiger partial charge in [-0.25, -0.2) is 0 Å². The number of aliphatic hydroxyl groups excluding tert-OH is 2. The first-order valence-corrected chi connectivity index (χ1v) is 37.3. The topological polar surface area (TPSA) is 328 Å². The minimum absolute atomic E-state index is 0.0246. The summed E-state index contributed by atoms with van der Waals surface area (Å²) in [6.07, 6.45) is 4.32. The molecule has 1 aliphatic heterocycles. The molecule has 7 N–H and O–H groups in total. The second kappa shape index (κ2) is 44.3. The molecule has 13 atom stereocenters. The van der Waals surface area contributed by atoms with Gasteiger partial charge in [0.15, 0.2) is 5.37 Å². The average molecular weight is 1420 g/mol. The molecule has 1 saturated heterocycles. The number of unbranched alkanes of at least 4 members (excludes halogenated alkanes) is 5. The van der Waals surface area contributed by atoms with Crippen molar-refractivity contribution in [2.24, 2.45) is 41.4 Å². The van der Waals surface area contributed by atoms with E-state index in [-0.39, 0.29) is 68.3 Å². The van der Waals surface area contributed by atoms with Crippen LogP contribution in [0.1, 0.15) is 208 Å². The van der Waals surface area contributed by atoms with Crippen molar-refractivity contribution in [1.29, 1.82) is 0 Å². The van der Waals surface area contributed by atoms with Gasteiger partial charge in [0.05, 0.1) is 6.10 Å². The fraction of sp³-hybridized carbons (Fsp3) is 0.833. The number of rotatable bonds is 27. The summed E-state index contributed by atoms with van der Waals surface area (Å²) >= 11 is 1.13. The summed E-state index contributed by atoms with van der Waals surface area (Å²) in [5.74, 6) is -9.65. The van der Waals surface area contributed by atoms with Gasteiger partial charge in [-0.3, -0.25) is 57.5 Å². The number of aliphatic hydroxyl groups is 2. The van der Waals surface area contributed by atoms with Gasteiger partial charge in [-0.15, -0.1) is 11.8 Å². The lowest BCUT2D eigenvalue weighted by Gasteiger charge is -2.41. The van der Waals surface area contributed by atoms with Crippen molar-refractivity contribution >= 4 is 82.6 Å². The second-order valence-corrected chi connectivity index (χ2v) is 31.2. The van der Waals surface area contributed by atoms with Crippen molar-refractivity contribution in [3.8, 4) is 0 Å². The first-order chi connectivity index (χ1) is 46.0. The summed E-state index contributed by atoms with van der Waals surface area (Å²) in [7, 11) is 10.0. The van der Waals surface area contributed by atoms with Crippen LogP contribution in [0.3, 0.4) is 0 Å². The van der Waals surface area contributed by atoms with E-state index in [4.69, 9.17) is 0 Å². The van der Waals surface area contributed by atoms with Crippen LogP contribution in [0, 0.1) is 41.4 Å². The number of carbonyl (C=O) groups is 12. The van der Waals surface area contributed by atoms with Crippen LogP contribution in [0.4, 0.5) is 0 Å². The van der Waals surface area contributed by atoms with Crippen molar-refractivity contribution in [3.05, 3.63) is 0 Å². The largest absolute Gasteiger partial charge is 0.396 e. The standard InChI is InChI=1S/C72H132N12O14S/c1-25-52-66(93)84(24)72(99-38-32-28-31-37-85)71(98)79(19)54(39-43(4)5)63(90)77-57(46(10)11)69(96)78(18)53(35-34-42(2)3)62(89)74-49(15)61(88)75-50(16)65(92)80(20)55(40-44(6)7)67(94)81(21)56(41-45(8)9)68(95)82(22)58(47(12)13)70(97)83(23)59(64(91)76-52)60(87)48(14)33-29-26-27-30-36-73-51(17)86/h42-50,52-60,72,85,87H,25-41H2,1-24H3,(H,73,86)(H,74,89)(H,75,88)(H,76,91)(H,77,90)/t48-,49-,50+,52+,53-,54+,55+,56+,57-,58+,59+,60-,72-/m1/s1. The highest BCUT2D eigenvalue weighted by atomic mass is 32.2. The van der Waals surface area contributed by atoms with E-state index >= 15 is 28.8 Å². The predicted molar refractivity (Wildman–Crippen MR) is 388 cm³/mol. The number of amides is 12. The Balaban J connectivity index is 4.54. The van der Waals surface area contributed by atoms with Crippen LogP contribution >= 0.6 is 11.8 Å². The Morgan fingerprint density at radius 1 is 0.465 bits per heavy atom. The molecule has 27 heteroatoms. The number of likely N-dealkylation sites (N-methyl/N-ethyl adjacent to an activating group) is 7. The number of hydrogen-bond acceptors (Lipinski definition) is 15. The molecule has 0 aliphatic carbocycles. The minimum Gasteiger partial charge on any atom is -0.396 e. The molecule has 1 rings (SSSR count). The number of hydrogen-bond donors (Lipinski definition) is 7. The third-order valence-corrected chi connectivity index (χ3v) is 20.2. The molecule has 99 heavy (non-hydrogen) atoms.